The molecule has 0 aliphatic heterocycles. The van der Waals surface area contributed by atoms with E-state index < -0.39 is 5.54 Å². The quantitative estimate of drug-likeness (QED) is 0.624. The fourth-order valence-corrected chi connectivity index (χ4v) is 3.11. The number of amides is 2. The van der Waals surface area contributed by atoms with Crippen LogP contribution in [0.3, 0.4) is 0 Å². The molecule has 0 saturated heterocycles. The van der Waals surface area contributed by atoms with E-state index in [2.05, 4.69) is 17.2 Å². The molecule has 1 aliphatic rings. The molecule has 2 rings (SSSR count). The van der Waals surface area contributed by atoms with Gasteiger partial charge in [-0.1, -0.05) is 37.1 Å². The summed E-state index contributed by atoms with van der Waals surface area (Å²) in [6, 6.07) is 3.39. The van der Waals surface area contributed by atoms with E-state index in [1.165, 1.54) is 11.8 Å². The molecule has 1 fully saturated rings. The van der Waals surface area contributed by atoms with Gasteiger partial charge in [0.1, 0.15) is 5.54 Å². The molecule has 0 atom stereocenters. The highest BCUT2D eigenvalue weighted by Gasteiger charge is 2.41. The third-order valence-electron chi connectivity index (χ3n) is 3.91. The largest absolute Gasteiger partial charge is 0.445 e. The zero-order valence-corrected chi connectivity index (χ0v) is 13.6. The molecule has 0 aromatic carbocycles. The SMILES string of the molecule is C=CCNC(=O)C1(NC(=O)c2ccc(SC)o2)CCCCC1. The van der Waals surface area contributed by atoms with E-state index in [-0.39, 0.29) is 17.6 Å². The van der Waals surface area contributed by atoms with Crippen molar-refractivity contribution in [1.82, 2.24) is 10.6 Å². The minimum absolute atomic E-state index is 0.142. The Kier molecular flexibility index (Phi) is 5.71. The van der Waals surface area contributed by atoms with Gasteiger partial charge >= 0.3 is 0 Å². The Balaban J connectivity index is 2.13. The van der Waals surface area contributed by atoms with E-state index in [0.29, 0.717) is 24.5 Å². The summed E-state index contributed by atoms with van der Waals surface area (Å²) in [6.45, 7) is 4.00. The molecule has 2 N–H and O–H groups in total. The zero-order chi connectivity index (χ0) is 16.0. The standard InChI is InChI=1S/C16H22N2O3S/c1-3-11-17-15(20)16(9-5-4-6-10-16)18-14(19)12-7-8-13(21-12)22-2/h3,7-8H,1,4-6,9-11H2,2H3,(H,17,20)(H,18,19). The van der Waals surface area contributed by atoms with E-state index in [9.17, 15) is 9.59 Å². The molecule has 22 heavy (non-hydrogen) atoms. The van der Waals surface area contributed by atoms with Crippen LogP contribution < -0.4 is 10.6 Å². The van der Waals surface area contributed by atoms with Crippen LogP contribution in [0.5, 0.6) is 0 Å². The smallest absolute Gasteiger partial charge is 0.287 e. The Morgan fingerprint density at radius 1 is 1.36 bits per heavy atom. The summed E-state index contributed by atoms with van der Waals surface area (Å²) in [5.74, 6) is -0.237. The molecule has 6 heteroatoms. The zero-order valence-electron chi connectivity index (χ0n) is 12.8. The number of nitrogens with one attached hydrogen (secondary N) is 2. The van der Waals surface area contributed by atoms with Crippen molar-refractivity contribution in [1.29, 1.82) is 0 Å². The monoisotopic (exact) mass is 322 g/mol. The number of furan rings is 1. The number of carbonyl (C=O) groups excluding carboxylic acids is 2. The van der Waals surface area contributed by atoms with Crippen LogP contribution in [0.25, 0.3) is 0 Å². The number of thioether (sulfide) groups is 1. The van der Waals surface area contributed by atoms with Gasteiger partial charge in [0.05, 0.1) is 0 Å². The van der Waals surface area contributed by atoms with Gasteiger partial charge in [0, 0.05) is 6.54 Å². The second kappa shape index (κ2) is 7.54. The van der Waals surface area contributed by atoms with Crippen molar-refractivity contribution >= 4 is 23.6 Å². The summed E-state index contributed by atoms with van der Waals surface area (Å²) in [5.41, 5.74) is -0.843. The molecule has 120 valence electrons. The van der Waals surface area contributed by atoms with Gasteiger partial charge in [0.25, 0.3) is 5.91 Å². The molecular formula is C16H22N2O3S. The van der Waals surface area contributed by atoms with Crippen molar-refractivity contribution in [2.45, 2.75) is 42.7 Å². The first-order chi connectivity index (χ1) is 10.6. The Labute approximate surface area is 134 Å². The molecule has 0 bridgehead atoms. The summed E-state index contributed by atoms with van der Waals surface area (Å²) < 4.78 is 5.45. The maximum absolute atomic E-state index is 12.5. The van der Waals surface area contributed by atoms with Crippen LogP contribution in [0, 0.1) is 0 Å². The molecule has 5 nitrogen and oxygen atoms in total. The number of rotatable bonds is 6. The van der Waals surface area contributed by atoms with Crippen molar-refractivity contribution in [3.63, 3.8) is 0 Å². The van der Waals surface area contributed by atoms with Crippen molar-refractivity contribution in [3.8, 4) is 0 Å². The van der Waals surface area contributed by atoms with Crippen LogP contribution in [-0.4, -0.2) is 30.2 Å². The lowest BCUT2D eigenvalue weighted by atomic mass is 9.80. The Morgan fingerprint density at radius 2 is 2.09 bits per heavy atom. The highest BCUT2D eigenvalue weighted by atomic mass is 32.2. The van der Waals surface area contributed by atoms with Crippen LogP contribution in [0.2, 0.25) is 0 Å². The van der Waals surface area contributed by atoms with Gasteiger partial charge in [0.2, 0.25) is 5.91 Å². The first kappa shape index (κ1) is 16.7. The van der Waals surface area contributed by atoms with E-state index in [4.69, 9.17) is 4.42 Å². The van der Waals surface area contributed by atoms with Crippen LogP contribution in [0.1, 0.15) is 42.7 Å². The van der Waals surface area contributed by atoms with Crippen molar-refractivity contribution in [3.05, 3.63) is 30.5 Å². The summed E-state index contributed by atoms with van der Waals surface area (Å²) >= 11 is 1.43. The Morgan fingerprint density at radius 3 is 2.68 bits per heavy atom. The van der Waals surface area contributed by atoms with Crippen molar-refractivity contribution < 1.29 is 14.0 Å². The average Bonchev–Trinajstić information content (AvgIpc) is 3.02. The van der Waals surface area contributed by atoms with Crippen LogP contribution >= 0.6 is 11.8 Å². The Bertz CT molecular complexity index is 547. The first-order valence-electron chi connectivity index (χ1n) is 7.47. The highest BCUT2D eigenvalue weighted by Crippen LogP contribution is 2.29. The molecule has 0 spiro atoms. The molecule has 1 aliphatic carbocycles. The fourth-order valence-electron chi connectivity index (χ4n) is 2.73. The lowest BCUT2D eigenvalue weighted by molar-refractivity contribution is -0.128. The van der Waals surface area contributed by atoms with E-state index in [1.54, 1.807) is 18.2 Å². The summed E-state index contributed by atoms with van der Waals surface area (Å²) in [7, 11) is 0. The van der Waals surface area contributed by atoms with Crippen LogP contribution in [-0.2, 0) is 4.79 Å². The molecule has 0 unspecified atom stereocenters. The molecule has 1 aromatic heterocycles. The molecule has 2 amide bonds. The van der Waals surface area contributed by atoms with Gasteiger partial charge in [-0.3, -0.25) is 9.59 Å². The third kappa shape index (κ3) is 3.74. The van der Waals surface area contributed by atoms with Crippen LogP contribution in [0.4, 0.5) is 0 Å². The number of hydrogen-bond donors (Lipinski definition) is 2. The van der Waals surface area contributed by atoms with Gasteiger partial charge < -0.3 is 15.1 Å². The molecule has 1 heterocycles. The second-order valence-electron chi connectivity index (χ2n) is 5.42. The maximum Gasteiger partial charge on any atom is 0.287 e. The molecule has 1 saturated carbocycles. The van der Waals surface area contributed by atoms with Gasteiger partial charge in [0.15, 0.2) is 10.9 Å². The maximum atomic E-state index is 12.5. The summed E-state index contributed by atoms with van der Waals surface area (Å²) in [5, 5.41) is 6.40. The predicted molar refractivity (Wildman–Crippen MR) is 87.0 cm³/mol. The topological polar surface area (TPSA) is 71.3 Å². The summed E-state index contributed by atoms with van der Waals surface area (Å²) in [4.78, 5) is 24.9. The van der Waals surface area contributed by atoms with Gasteiger partial charge in [-0.25, -0.2) is 0 Å². The number of hydrogen-bond acceptors (Lipinski definition) is 4. The molecule has 0 radical (unpaired) electrons. The second-order valence-corrected chi connectivity index (χ2v) is 6.23. The summed E-state index contributed by atoms with van der Waals surface area (Å²) in [6.07, 6.45) is 7.75. The average molecular weight is 322 g/mol. The highest BCUT2D eigenvalue weighted by molar-refractivity contribution is 7.98. The lowest BCUT2D eigenvalue weighted by Crippen LogP contribution is -2.59. The van der Waals surface area contributed by atoms with E-state index >= 15 is 0 Å². The third-order valence-corrected chi connectivity index (χ3v) is 4.53. The van der Waals surface area contributed by atoms with Crippen molar-refractivity contribution in [2.75, 3.05) is 12.8 Å². The van der Waals surface area contributed by atoms with Crippen LogP contribution in [0.15, 0.2) is 34.3 Å². The lowest BCUT2D eigenvalue weighted by Gasteiger charge is -2.36. The van der Waals surface area contributed by atoms with Gasteiger partial charge in [-0.2, -0.15) is 0 Å². The van der Waals surface area contributed by atoms with E-state index in [1.807, 2.05) is 6.26 Å². The minimum atomic E-state index is -0.843. The Hall–Kier alpha value is -1.69. The number of carbonyl (C=O) groups is 2. The molecule has 1 aromatic rings. The van der Waals surface area contributed by atoms with Gasteiger partial charge in [-0.15, -0.1) is 6.58 Å². The van der Waals surface area contributed by atoms with E-state index in [0.717, 1.165) is 19.3 Å². The molecular weight excluding hydrogens is 300 g/mol. The van der Waals surface area contributed by atoms with Crippen molar-refractivity contribution in [2.24, 2.45) is 0 Å². The predicted octanol–water partition coefficient (Wildman–Crippen LogP) is 2.74. The first-order valence-corrected chi connectivity index (χ1v) is 8.69. The minimum Gasteiger partial charge on any atom is -0.445 e. The fraction of sp³-hybridized carbons (Fsp3) is 0.500. The van der Waals surface area contributed by atoms with Gasteiger partial charge in [-0.05, 0) is 31.2 Å². The normalized spacial score (nSPS) is 16.8.